The Morgan fingerprint density at radius 1 is 1.21 bits per heavy atom. The van der Waals surface area contributed by atoms with Crippen LogP contribution < -0.4 is 9.47 Å². The van der Waals surface area contributed by atoms with Crippen molar-refractivity contribution in [1.82, 2.24) is 4.90 Å². The van der Waals surface area contributed by atoms with Crippen molar-refractivity contribution >= 4 is 17.6 Å². The standard InChI is InChI=1S/C22H22FNO5/c1-4-28-19-10-9-14(11-16(19)23)17(25)12-24-21(26)15-7-5-6-8-18(15)29-20(13(2)3)22(24)27/h5-11,13,20H,4,12H2,1-3H3/t20-/m0/s1. The van der Waals surface area contributed by atoms with Gasteiger partial charge in [-0.15, -0.1) is 0 Å². The van der Waals surface area contributed by atoms with E-state index < -0.39 is 36.1 Å². The van der Waals surface area contributed by atoms with Crippen molar-refractivity contribution < 1.29 is 28.2 Å². The van der Waals surface area contributed by atoms with Crippen LogP contribution in [0.3, 0.4) is 0 Å². The van der Waals surface area contributed by atoms with Crippen molar-refractivity contribution in [3.63, 3.8) is 0 Å². The van der Waals surface area contributed by atoms with Gasteiger partial charge in [-0.1, -0.05) is 26.0 Å². The van der Waals surface area contributed by atoms with E-state index in [0.717, 1.165) is 11.0 Å². The number of imide groups is 1. The average Bonchev–Trinajstić information content (AvgIpc) is 2.80. The summed E-state index contributed by atoms with van der Waals surface area (Å²) in [6.45, 7) is 5.09. The number of fused-ring (bicyclic) bond motifs is 1. The first-order chi connectivity index (χ1) is 13.8. The molecule has 0 N–H and O–H groups in total. The lowest BCUT2D eigenvalue weighted by Gasteiger charge is -2.24. The lowest BCUT2D eigenvalue weighted by Crippen LogP contribution is -2.47. The lowest BCUT2D eigenvalue weighted by atomic mass is 10.0. The molecule has 2 aromatic rings. The number of Topliss-reactive ketones (excluding diaryl/α,β-unsaturated/α-hetero) is 1. The van der Waals surface area contributed by atoms with E-state index in [1.807, 2.05) is 0 Å². The summed E-state index contributed by atoms with van der Waals surface area (Å²) in [4.78, 5) is 39.6. The van der Waals surface area contributed by atoms with Crippen LogP contribution in [0.25, 0.3) is 0 Å². The molecular weight excluding hydrogens is 377 g/mol. The highest BCUT2D eigenvalue weighted by Crippen LogP contribution is 2.28. The quantitative estimate of drug-likeness (QED) is 0.549. The van der Waals surface area contributed by atoms with E-state index in [2.05, 4.69) is 0 Å². The number of ketones is 1. The maximum Gasteiger partial charge on any atom is 0.271 e. The first-order valence-corrected chi connectivity index (χ1v) is 9.40. The minimum absolute atomic E-state index is 0.0353. The van der Waals surface area contributed by atoms with Gasteiger partial charge in [0.25, 0.3) is 11.8 Å². The molecule has 152 valence electrons. The van der Waals surface area contributed by atoms with Crippen molar-refractivity contribution in [2.24, 2.45) is 5.92 Å². The molecule has 0 saturated heterocycles. The smallest absolute Gasteiger partial charge is 0.271 e. The molecule has 2 aromatic carbocycles. The molecule has 0 saturated carbocycles. The van der Waals surface area contributed by atoms with Crippen LogP contribution in [-0.2, 0) is 4.79 Å². The van der Waals surface area contributed by atoms with E-state index in [9.17, 15) is 18.8 Å². The van der Waals surface area contributed by atoms with Crippen molar-refractivity contribution in [3.8, 4) is 11.5 Å². The number of rotatable bonds is 6. The van der Waals surface area contributed by atoms with Gasteiger partial charge in [-0.05, 0) is 43.2 Å². The monoisotopic (exact) mass is 399 g/mol. The number of amides is 2. The summed E-state index contributed by atoms with van der Waals surface area (Å²) in [5.41, 5.74) is 0.251. The SMILES string of the molecule is CCOc1ccc(C(=O)CN2C(=O)c3ccccc3O[C@@H](C(C)C)C2=O)cc1F. The number of benzene rings is 2. The summed E-state index contributed by atoms with van der Waals surface area (Å²) in [7, 11) is 0. The largest absolute Gasteiger partial charge is 0.491 e. The normalized spacial score (nSPS) is 16.3. The first kappa shape index (κ1) is 20.5. The highest BCUT2D eigenvalue weighted by atomic mass is 19.1. The number of nitrogens with zero attached hydrogens (tertiary/aromatic N) is 1. The Bertz CT molecular complexity index is 956. The molecule has 3 rings (SSSR count). The lowest BCUT2D eigenvalue weighted by molar-refractivity contribution is -0.136. The molecule has 0 fully saturated rings. The van der Waals surface area contributed by atoms with Gasteiger partial charge in [0, 0.05) is 5.56 Å². The summed E-state index contributed by atoms with van der Waals surface area (Å²) in [5.74, 6) is -2.34. The molecule has 0 bridgehead atoms. The zero-order chi connectivity index (χ0) is 21.1. The topological polar surface area (TPSA) is 72.9 Å². The Balaban J connectivity index is 1.91. The van der Waals surface area contributed by atoms with E-state index in [1.165, 1.54) is 12.1 Å². The Morgan fingerprint density at radius 3 is 2.59 bits per heavy atom. The van der Waals surface area contributed by atoms with E-state index >= 15 is 0 Å². The Kier molecular flexibility index (Phi) is 5.96. The number of ether oxygens (including phenoxy) is 2. The Morgan fingerprint density at radius 2 is 1.93 bits per heavy atom. The van der Waals surface area contributed by atoms with Gasteiger partial charge in [0.05, 0.1) is 18.7 Å². The first-order valence-electron chi connectivity index (χ1n) is 9.40. The fourth-order valence-corrected chi connectivity index (χ4v) is 3.09. The van der Waals surface area contributed by atoms with Gasteiger partial charge in [0.15, 0.2) is 23.5 Å². The van der Waals surface area contributed by atoms with Gasteiger partial charge in [0.2, 0.25) is 0 Å². The summed E-state index contributed by atoms with van der Waals surface area (Å²) < 4.78 is 25.0. The number of para-hydroxylation sites is 1. The maximum atomic E-state index is 14.1. The average molecular weight is 399 g/mol. The second-order valence-electron chi connectivity index (χ2n) is 7.01. The number of carbonyl (C=O) groups excluding carboxylic acids is 3. The fraction of sp³-hybridized carbons (Fsp3) is 0.318. The Labute approximate surface area is 168 Å². The third-order valence-electron chi connectivity index (χ3n) is 4.59. The van der Waals surface area contributed by atoms with Crippen LogP contribution in [-0.4, -0.2) is 41.8 Å². The van der Waals surface area contributed by atoms with Crippen LogP contribution in [0.15, 0.2) is 42.5 Å². The molecule has 2 amide bonds. The molecule has 1 atom stereocenters. The van der Waals surface area contributed by atoms with Crippen LogP contribution in [0.2, 0.25) is 0 Å². The minimum atomic E-state index is -0.910. The van der Waals surface area contributed by atoms with Crippen molar-refractivity contribution in [3.05, 3.63) is 59.4 Å². The molecule has 0 aliphatic carbocycles. The van der Waals surface area contributed by atoms with Gasteiger partial charge in [-0.25, -0.2) is 4.39 Å². The van der Waals surface area contributed by atoms with Crippen LogP contribution in [0.4, 0.5) is 4.39 Å². The molecule has 0 spiro atoms. The highest BCUT2D eigenvalue weighted by Gasteiger charge is 2.38. The third-order valence-corrected chi connectivity index (χ3v) is 4.59. The molecule has 0 aromatic heterocycles. The van der Waals surface area contributed by atoms with Crippen LogP contribution in [0.5, 0.6) is 11.5 Å². The summed E-state index contributed by atoms with van der Waals surface area (Å²) in [5, 5.41) is 0. The Hall–Kier alpha value is -3.22. The maximum absolute atomic E-state index is 14.1. The number of hydrogen-bond acceptors (Lipinski definition) is 5. The molecule has 1 aliphatic rings. The van der Waals surface area contributed by atoms with E-state index in [4.69, 9.17) is 9.47 Å². The molecule has 1 aliphatic heterocycles. The molecule has 6 nitrogen and oxygen atoms in total. The van der Waals surface area contributed by atoms with E-state index in [0.29, 0.717) is 5.75 Å². The zero-order valence-corrected chi connectivity index (χ0v) is 16.5. The second-order valence-corrected chi connectivity index (χ2v) is 7.01. The van der Waals surface area contributed by atoms with Crippen LogP contribution >= 0.6 is 0 Å². The molecule has 0 unspecified atom stereocenters. The van der Waals surface area contributed by atoms with Crippen molar-refractivity contribution in [2.45, 2.75) is 26.9 Å². The zero-order valence-electron chi connectivity index (χ0n) is 16.5. The van der Waals surface area contributed by atoms with Crippen molar-refractivity contribution in [2.75, 3.05) is 13.2 Å². The van der Waals surface area contributed by atoms with Crippen LogP contribution in [0.1, 0.15) is 41.5 Å². The van der Waals surface area contributed by atoms with Gasteiger partial charge >= 0.3 is 0 Å². The number of carbonyl (C=O) groups is 3. The minimum Gasteiger partial charge on any atom is -0.491 e. The van der Waals surface area contributed by atoms with Crippen LogP contribution in [0, 0.1) is 11.7 Å². The summed E-state index contributed by atoms with van der Waals surface area (Å²) >= 11 is 0. The molecular formula is C22H22FNO5. The van der Waals surface area contributed by atoms with Crippen molar-refractivity contribution in [1.29, 1.82) is 0 Å². The number of hydrogen-bond donors (Lipinski definition) is 0. The molecule has 0 radical (unpaired) electrons. The molecule has 7 heteroatoms. The van der Waals surface area contributed by atoms with Gasteiger partial charge in [0.1, 0.15) is 5.75 Å². The van der Waals surface area contributed by atoms with Gasteiger partial charge in [-0.2, -0.15) is 0 Å². The molecule has 1 heterocycles. The predicted molar refractivity (Wildman–Crippen MR) is 104 cm³/mol. The summed E-state index contributed by atoms with van der Waals surface area (Å²) in [6, 6.07) is 10.3. The second kappa shape index (κ2) is 8.43. The summed E-state index contributed by atoms with van der Waals surface area (Å²) in [6.07, 6.45) is -0.910. The highest BCUT2D eigenvalue weighted by molar-refractivity contribution is 6.12. The van der Waals surface area contributed by atoms with E-state index in [1.54, 1.807) is 45.0 Å². The number of halogens is 1. The molecule has 29 heavy (non-hydrogen) atoms. The third kappa shape index (κ3) is 4.13. The van der Waals surface area contributed by atoms with Gasteiger partial charge < -0.3 is 9.47 Å². The fourth-order valence-electron chi connectivity index (χ4n) is 3.09. The van der Waals surface area contributed by atoms with Gasteiger partial charge in [-0.3, -0.25) is 19.3 Å². The van der Waals surface area contributed by atoms with E-state index in [-0.39, 0.29) is 29.4 Å². The predicted octanol–water partition coefficient (Wildman–Crippen LogP) is 3.49.